The molecule has 130 valence electrons. The number of carbonyl (C=O) groups is 1. The van der Waals surface area contributed by atoms with Gasteiger partial charge in [0.1, 0.15) is 0 Å². The Hall–Kier alpha value is -2.60. The maximum absolute atomic E-state index is 12.1. The van der Waals surface area contributed by atoms with E-state index in [9.17, 15) is 4.79 Å². The Balaban J connectivity index is 1.65. The minimum Gasteiger partial charge on any atom is -0.407 e. The molecule has 3 rings (SSSR count). The van der Waals surface area contributed by atoms with Crippen LogP contribution in [0.3, 0.4) is 0 Å². The number of para-hydroxylation sites is 1. The van der Waals surface area contributed by atoms with Gasteiger partial charge < -0.3 is 10.1 Å². The van der Waals surface area contributed by atoms with Crippen molar-refractivity contribution in [1.29, 1.82) is 0 Å². The summed E-state index contributed by atoms with van der Waals surface area (Å²) < 4.78 is 7.32. The molecule has 0 saturated heterocycles. The number of rotatable bonds is 7. The van der Waals surface area contributed by atoms with Gasteiger partial charge in [0.05, 0.1) is 17.6 Å². The van der Waals surface area contributed by atoms with Crippen molar-refractivity contribution in [3.8, 4) is 11.4 Å². The maximum atomic E-state index is 12.1. The van der Waals surface area contributed by atoms with Gasteiger partial charge in [-0.15, -0.1) is 11.3 Å². The molecule has 0 aliphatic rings. The predicted molar refractivity (Wildman–Crippen MR) is 99.6 cm³/mol. The molecule has 2 heterocycles. The molecule has 0 aliphatic carbocycles. The summed E-state index contributed by atoms with van der Waals surface area (Å²) in [6.07, 6.45) is 3.69. The molecule has 5 nitrogen and oxygen atoms in total. The number of thiophene rings is 1. The fourth-order valence-electron chi connectivity index (χ4n) is 2.58. The molecule has 1 amide bonds. The van der Waals surface area contributed by atoms with E-state index in [4.69, 9.17) is 4.74 Å². The van der Waals surface area contributed by atoms with Crippen molar-refractivity contribution < 1.29 is 9.53 Å². The monoisotopic (exact) mass is 355 g/mol. The lowest BCUT2D eigenvalue weighted by molar-refractivity contribution is 0.200. The van der Waals surface area contributed by atoms with Crippen molar-refractivity contribution in [1.82, 2.24) is 15.1 Å². The first-order valence-corrected chi connectivity index (χ1v) is 9.26. The maximum Gasteiger partial charge on any atom is 0.412 e. The molecule has 25 heavy (non-hydrogen) atoms. The Labute approximate surface area is 151 Å². The number of hydrogen-bond acceptors (Lipinski definition) is 4. The van der Waals surface area contributed by atoms with Crippen LogP contribution in [0.5, 0.6) is 5.75 Å². The lowest BCUT2D eigenvalue weighted by Gasteiger charge is -2.09. The molecular weight excluding hydrogens is 334 g/mol. The molecule has 6 heteroatoms. The second kappa shape index (κ2) is 8.48. The number of nitrogens with one attached hydrogen (secondary N) is 1. The molecule has 0 atom stereocenters. The summed E-state index contributed by atoms with van der Waals surface area (Å²) in [5.41, 5.74) is 1.86. The molecule has 2 aromatic heterocycles. The molecular formula is C19H21N3O2S. The summed E-state index contributed by atoms with van der Waals surface area (Å²) >= 11 is 1.68. The average molecular weight is 355 g/mol. The van der Waals surface area contributed by atoms with Crippen LogP contribution in [-0.2, 0) is 12.8 Å². The SMILES string of the molecule is CCCc1c(OC(=O)NCCc2cccs2)cnn1-c1ccccc1. The molecule has 1 aromatic carbocycles. The fraction of sp³-hybridized carbons (Fsp3) is 0.263. The van der Waals surface area contributed by atoms with Crippen LogP contribution < -0.4 is 10.1 Å². The van der Waals surface area contributed by atoms with Gasteiger partial charge in [0, 0.05) is 11.4 Å². The Morgan fingerprint density at radius 2 is 2.04 bits per heavy atom. The minimum atomic E-state index is -0.443. The Kier molecular flexibility index (Phi) is 5.85. The summed E-state index contributed by atoms with van der Waals surface area (Å²) in [6, 6.07) is 13.9. The van der Waals surface area contributed by atoms with Gasteiger partial charge in [-0.25, -0.2) is 9.48 Å². The van der Waals surface area contributed by atoms with E-state index in [1.54, 1.807) is 17.5 Å². The highest BCUT2D eigenvalue weighted by Crippen LogP contribution is 2.23. The van der Waals surface area contributed by atoms with Gasteiger partial charge in [-0.3, -0.25) is 0 Å². The van der Waals surface area contributed by atoms with E-state index in [1.807, 2.05) is 46.5 Å². The van der Waals surface area contributed by atoms with Gasteiger partial charge in [-0.05, 0) is 36.4 Å². The molecule has 0 spiro atoms. The van der Waals surface area contributed by atoms with E-state index in [0.717, 1.165) is 30.6 Å². The number of ether oxygens (including phenoxy) is 1. The Bertz CT molecular complexity index is 797. The average Bonchev–Trinajstić information content (AvgIpc) is 3.27. The Morgan fingerprint density at radius 3 is 2.76 bits per heavy atom. The van der Waals surface area contributed by atoms with Crippen LogP contribution >= 0.6 is 11.3 Å². The number of nitrogens with zero attached hydrogens (tertiary/aromatic N) is 2. The van der Waals surface area contributed by atoms with Crippen molar-refractivity contribution in [3.05, 3.63) is 64.6 Å². The zero-order chi connectivity index (χ0) is 17.5. The molecule has 0 unspecified atom stereocenters. The number of aromatic nitrogens is 2. The van der Waals surface area contributed by atoms with E-state index in [2.05, 4.69) is 23.4 Å². The van der Waals surface area contributed by atoms with Crippen molar-refractivity contribution in [3.63, 3.8) is 0 Å². The highest BCUT2D eigenvalue weighted by Gasteiger charge is 2.15. The molecule has 0 saturated carbocycles. The first-order chi connectivity index (χ1) is 12.3. The second-order valence-corrected chi connectivity index (χ2v) is 6.63. The van der Waals surface area contributed by atoms with Crippen molar-refractivity contribution >= 4 is 17.4 Å². The topological polar surface area (TPSA) is 56.1 Å². The van der Waals surface area contributed by atoms with Gasteiger partial charge in [-0.2, -0.15) is 5.10 Å². The predicted octanol–water partition coefficient (Wildman–Crippen LogP) is 4.22. The minimum absolute atomic E-state index is 0.443. The third kappa shape index (κ3) is 4.48. The lowest BCUT2D eigenvalue weighted by atomic mass is 10.2. The number of amides is 1. The highest BCUT2D eigenvalue weighted by molar-refractivity contribution is 7.09. The lowest BCUT2D eigenvalue weighted by Crippen LogP contribution is -2.28. The molecule has 0 fully saturated rings. The normalized spacial score (nSPS) is 10.6. The zero-order valence-corrected chi connectivity index (χ0v) is 15.0. The van der Waals surface area contributed by atoms with Crippen LogP contribution in [0.2, 0.25) is 0 Å². The van der Waals surface area contributed by atoms with Crippen LogP contribution in [0.4, 0.5) is 4.79 Å². The van der Waals surface area contributed by atoms with Gasteiger partial charge >= 0.3 is 6.09 Å². The largest absolute Gasteiger partial charge is 0.412 e. The Morgan fingerprint density at radius 1 is 1.20 bits per heavy atom. The van der Waals surface area contributed by atoms with Gasteiger partial charge in [0.2, 0.25) is 0 Å². The van der Waals surface area contributed by atoms with Gasteiger partial charge in [0.15, 0.2) is 5.75 Å². The van der Waals surface area contributed by atoms with Gasteiger partial charge in [-0.1, -0.05) is 37.6 Å². The van der Waals surface area contributed by atoms with E-state index in [-0.39, 0.29) is 0 Å². The molecule has 0 bridgehead atoms. The smallest absolute Gasteiger partial charge is 0.407 e. The summed E-state index contributed by atoms with van der Waals surface area (Å²) in [4.78, 5) is 13.3. The van der Waals surface area contributed by atoms with Crippen LogP contribution in [0.25, 0.3) is 5.69 Å². The third-order valence-corrected chi connectivity index (χ3v) is 4.68. The van der Waals surface area contributed by atoms with E-state index in [0.29, 0.717) is 12.3 Å². The highest BCUT2D eigenvalue weighted by atomic mass is 32.1. The summed E-state index contributed by atoms with van der Waals surface area (Å²) in [5.74, 6) is 0.513. The summed E-state index contributed by atoms with van der Waals surface area (Å²) in [6.45, 7) is 2.64. The quantitative estimate of drug-likeness (QED) is 0.690. The van der Waals surface area contributed by atoms with Crippen LogP contribution in [0.1, 0.15) is 23.9 Å². The molecule has 0 aliphatic heterocycles. The zero-order valence-electron chi connectivity index (χ0n) is 14.1. The van der Waals surface area contributed by atoms with Crippen LogP contribution in [0, 0.1) is 0 Å². The summed E-state index contributed by atoms with van der Waals surface area (Å²) in [5, 5.41) is 9.22. The van der Waals surface area contributed by atoms with Crippen molar-refractivity contribution in [2.24, 2.45) is 0 Å². The van der Waals surface area contributed by atoms with E-state index < -0.39 is 6.09 Å². The second-order valence-electron chi connectivity index (χ2n) is 5.60. The standard InChI is InChI=1S/C19H21N3O2S/c1-2-7-17-18(14-21-22(17)15-8-4-3-5-9-15)24-19(23)20-12-11-16-10-6-13-25-16/h3-6,8-10,13-14H,2,7,11-12H2,1H3,(H,20,23). The first kappa shape index (κ1) is 17.2. The van der Waals surface area contributed by atoms with Crippen molar-refractivity contribution in [2.75, 3.05) is 6.54 Å². The molecule has 3 aromatic rings. The number of carbonyl (C=O) groups excluding carboxylic acids is 1. The van der Waals surface area contributed by atoms with Crippen molar-refractivity contribution in [2.45, 2.75) is 26.2 Å². The van der Waals surface area contributed by atoms with E-state index in [1.165, 1.54) is 4.88 Å². The molecule has 1 N–H and O–H groups in total. The van der Waals surface area contributed by atoms with Gasteiger partial charge in [0.25, 0.3) is 0 Å². The number of benzene rings is 1. The van der Waals surface area contributed by atoms with Crippen LogP contribution in [-0.4, -0.2) is 22.4 Å². The number of hydrogen-bond donors (Lipinski definition) is 1. The molecule has 0 radical (unpaired) electrons. The fourth-order valence-corrected chi connectivity index (χ4v) is 3.29. The first-order valence-electron chi connectivity index (χ1n) is 8.38. The van der Waals surface area contributed by atoms with E-state index >= 15 is 0 Å². The summed E-state index contributed by atoms with van der Waals surface area (Å²) in [7, 11) is 0. The van der Waals surface area contributed by atoms with Crippen LogP contribution in [0.15, 0.2) is 54.0 Å². The third-order valence-electron chi connectivity index (χ3n) is 3.74.